The van der Waals surface area contributed by atoms with Gasteiger partial charge in [0.15, 0.2) is 11.6 Å². The van der Waals surface area contributed by atoms with E-state index < -0.39 is 11.6 Å². The van der Waals surface area contributed by atoms with Crippen LogP contribution in [0.15, 0.2) is 48.5 Å². The first-order chi connectivity index (χ1) is 11.5. The lowest BCUT2D eigenvalue weighted by Crippen LogP contribution is -2.03. The largest absolute Gasteiger partial charge is 0.383 e. The van der Waals surface area contributed by atoms with Crippen molar-refractivity contribution in [1.82, 2.24) is 4.98 Å². The van der Waals surface area contributed by atoms with Crippen molar-refractivity contribution in [2.45, 2.75) is 6.92 Å². The highest BCUT2D eigenvalue weighted by molar-refractivity contribution is 5.91. The number of hydrogen-bond acceptors (Lipinski definition) is 3. The number of hydrogen-bond donors (Lipinski definition) is 1. The molecule has 0 aliphatic carbocycles. The molecule has 3 nitrogen and oxygen atoms in total. The number of aromatic nitrogens is 1. The summed E-state index contributed by atoms with van der Waals surface area (Å²) in [7, 11) is 0. The van der Waals surface area contributed by atoms with E-state index in [1.165, 1.54) is 6.07 Å². The molecule has 2 aromatic carbocycles. The summed E-state index contributed by atoms with van der Waals surface area (Å²) < 4.78 is 27.0. The maximum Gasteiger partial charge on any atom is 0.159 e. The molecule has 1 aromatic heterocycles. The Bertz CT molecular complexity index is 961. The lowest BCUT2D eigenvalue weighted by atomic mass is 9.90. The van der Waals surface area contributed by atoms with E-state index in [1.54, 1.807) is 6.92 Å². The highest BCUT2D eigenvalue weighted by Crippen LogP contribution is 2.38. The first kappa shape index (κ1) is 15.6. The van der Waals surface area contributed by atoms with Gasteiger partial charge in [0.05, 0.1) is 0 Å². The fourth-order valence-corrected chi connectivity index (χ4v) is 2.74. The number of nitriles is 1. The van der Waals surface area contributed by atoms with Crippen molar-refractivity contribution in [2.24, 2.45) is 0 Å². The molecule has 0 unspecified atom stereocenters. The minimum absolute atomic E-state index is 0.0643. The van der Waals surface area contributed by atoms with E-state index in [2.05, 4.69) is 4.98 Å². The Hall–Kier alpha value is -3.26. The lowest BCUT2D eigenvalue weighted by molar-refractivity contribution is 0.509. The van der Waals surface area contributed by atoms with Crippen LogP contribution in [0.5, 0.6) is 0 Å². The van der Waals surface area contributed by atoms with Crippen molar-refractivity contribution in [3.63, 3.8) is 0 Å². The second kappa shape index (κ2) is 6.09. The number of aryl methyl sites for hydroxylation is 1. The van der Waals surface area contributed by atoms with Gasteiger partial charge in [0, 0.05) is 16.8 Å². The third-order valence-electron chi connectivity index (χ3n) is 3.79. The third kappa shape index (κ3) is 2.59. The number of pyridine rings is 1. The zero-order valence-corrected chi connectivity index (χ0v) is 12.8. The Balaban J connectivity index is 2.42. The Morgan fingerprint density at radius 1 is 0.958 bits per heavy atom. The summed E-state index contributed by atoms with van der Waals surface area (Å²) in [5.41, 5.74) is 8.96. The molecule has 3 rings (SSSR count). The van der Waals surface area contributed by atoms with Crippen LogP contribution in [-0.2, 0) is 0 Å². The Morgan fingerprint density at radius 3 is 2.29 bits per heavy atom. The fourth-order valence-electron chi connectivity index (χ4n) is 2.74. The number of anilines is 1. The van der Waals surface area contributed by atoms with Gasteiger partial charge >= 0.3 is 0 Å². The molecule has 0 spiro atoms. The summed E-state index contributed by atoms with van der Waals surface area (Å²) in [4.78, 5) is 4.23. The maximum atomic E-state index is 13.7. The zero-order chi connectivity index (χ0) is 17.3. The SMILES string of the molecule is Cc1nc(N)c(C#N)c(-c2ccc(F)c(F)c2)c1-c1ccccc1. The van der Waals surface area contributed by atoms with Crippen LogP contribution < -0.4 is 5.73 Å². The van der Waals surface area contributed by atoms with Crippen LogP contribution >= 0.6 is 0 Å². The van der Waals surface area contributed by atoms with Gasteiger partial charge in [-0.25, -0.2) is 13.8 Å². The van der Waals surface area contributed by atoms with E-state index in [-0.39, 0.29) is 11.4 Å². The standard InChI is InChI=1S/C19H13F2N3/c1-11-17(12-5-3-2-4-6-12)18(14(10-22)19(23)24-11)13-7-8-15(20)16(21)9-13/h2-9H,1H3,(H2,23,24). The predicted molar refractivity (Wildman–Crippen MR) is 88.9 cm³/mol. The minimum Gasteiger partial charge on any atom is -0.383 e. The number of benzene rings is 2. The molecule has 0 saturated carbocycles. The second-order valence-electron chi connectivity index (χ2n) is 5.31. The molecule has 0 aliphatic rings. The van der Waals surface area contributed by atoms with Crippen LogP contribution in [0.1, 0.15) is 11.3 Å². The van der Waals surface area contributed by atoms with Crippen LogP contribution in [0.4, 0.5) is 14.6 Å². The van der Waals surface area contributed by atoms with Gasteiger partial charge in [-0.1, -0.05) is 36.4 Å². The number of nitrogens with two attached hydrogens (primary N) is 1. The summed E-state index contributed by atoms with van der Waals surface area (Å²) in [6.07, 6.45) is 0. The van der Waals surface area contributed by atoms with E-state index in [0.717, 1.165) is 17.7 Å². The lowest BCUT2D eigenvalue weighted by Gasteiger charge is -2.16. The van der Waals surface area contributed by atoms with Gasteiger partial charge in [-0.3, -0.25) is 0 Å². The number of rotatable bonds is 2. The molecule has 1 heterocycles. The van der Waals surface area contributed by atoms with Gasteiger partial charge < -0.3 is 5.73 Å². The molecular formula is C19H13F2N3. The maximum absolute atomic E-state index is 13.7. The summed E-state index contributed by atoms with van der Waals surface area (Å²) in [5.74, 6) is -1.87. The molecule has 24 heavy (non-hydrogen) atoms. The van der Waals surface area contributed by atoms with Crippen molar-refractivity contribution in [3.8, 4) is 28.3 Å². The van der Waals surface area contributed by atoms with Crippen molar-refractivity contribution < 1.29 is 8.78 Å². The normalized spacial score (nSPS) is 10.4. The van der Waals surface area contributed by atoms with E-state index in [0.29, 0.717) is 22.4 Å². The van der Waals surface area contributed by atoms with Gasteiger partial charge in [0.25, 0.3) is 0 Å². The van der Waals surface area contributed by atoms with Gasteiger partial charge in [0.2, 0.25) is 0 Å². The highest BCUT2D eigenvalue weighted by atomic mass is 19.2. The molecular weight excluding hydrogens is 308 g/mol. The molecule has 0 saturated heterocycles. The summed E-state index contributed by atoms with van der Waals surface area (Å²) in [6, 6.07) is 14.9. The van der Waals surface area contributed by atoms with Crippen molar-refractivity contribution in [3.05, 3.63) is 71.4 Å². The molecule has 0 radical (unpaired) electrons. The van der Waals surface area contributed by atoms with Gasteiger partial charge in [-0.2, -0.15) is 5.26 Å². The topological polar surface area (TPSA) is 62.7 Å². The number of halogens is 2. The average Bonchev–Trinajstić information content (AvgIpc) is 2.57. The third-order valence-corrected chi connectivity index (χ3v) is 3.79. The van der Waals surface area contributed by atoms with E-state index in [9.17, 15) is 14.0 Å². The van der Waals surface area contributed by atoms with Crippen molar-refractivity contribution >= 4 is 5.82 Å². The number of nitrogens with zero attached hydrogens (tertiary/aromatic N) is 2. The summed E-state index contributed by atoms with van der Waals surface area (Å²) in [6.45, 7) is 1.77. The average molecular weight is 321 g/mol. The number of nitrogen functional groups attached to an aromatic ring is 1. The molecule has 0 bridgehead atoms. The first-order valence-corrected chi connectivity index (χ1v) is 7.24. The highest BCUT2D eigenvalue weighted by Gasteiger charge is 2.20. The molecule has 0 amide bonds. The van der Waals surface area contributed by atoms with Crippen LogP contribution in [0, 0.1) is 29.9 Å². The van der Waals surface area contributed by atoms with Crippen molar-refractivity contribution in [2.75, 3.05) is 5.73 Å². The molecule has 2 N–H and O–H groups in total. The van der Waals surface area contributed by atoms with E-state index in [1.807, 2.05) is 36.4 Å². The van der Waals surface area contributed by atoms with Gasteiger partial charge in [0.1, 0.15) is 17.5 Å². The monoisotopic (exact) mass is 321 g/mol. The Morgan fingerprint density at radius 2 is 1.67 bits per heavy atom. The molecule has 0 aliphatic heterocycles. The molecule has 0 fully saturated rings. The van der Waals surface area contributed by atoms with Crippen molar-refractivity contribution in [1.29, 1.82) is 5.26 Å². The van der Waals surface area contributed by atoms with Gasteiger partial charge in [-0.05, 0) is 30.2 Å². The Labute approximate surface area is 138 Å². The smallest absolute Gasteiger partial charge is 0.159 e. The molecule has 118 valence electrons. The summed E-state index contributed by atoms with van der Waals surface area (Å²) in [5, 5.41) is 9.51. The predicted octanol–water partition coefficient (Wildman–Crippen LogP) is 4.46. The van der Waals surface area contributed by atoms with Crippen LogP contribution in [0.2, 0.25) is 0 Å². The second-order valence-corrected chi connectivity index (χ2v) is 5.31. The van der Waals surface area contributed by atoms with Crippen LogP contribution in [-0.4, -0.2) is 4.98 Å². The minimum atomic E-state index is -0.983. The van der Waals surface area contributed by atoms with Crippen LogP contribution in [0.25, 0.3) is 22.3 Å². The molecule has 5 heteroatoms. The van der Waals surface area contributed by atoms with Crippen LogP contribution in [0.3, 0.4) is 0 Å². The first-order valence-electron chi connectivity index (χ1n) is 7.24. The molecule has 3 aromatic rings. The fraction of sp³-hybridized carbons (Fsp3) is 0.0526. The van der Waals surface area contributed by atoms with E-state index >= 15 is 0 Å². The summed E-state index contributed by atoms with van der Waals surface area (Å²) >= 11 is 0. The van der Waals surface area contributed by atoms with Gasteiger partial charge in [-0.15, -0.1) is 0 Å². The zero-order valence-electron chi connectivity index (χ0n) is 12.8. The molecule has 0 atom stereocenters. The van der Waals surface area contributed by atoms with E-state index in [4.69, 9.17) is 5.73 Å². The quantitative estimate of drug-likeness (QED) is 0.758. The Kier molecular flexibility index (Phi) is 3.97.